The van der Waals surface area contributed by atoms with E-state index in [9.17, 15) is 14.7 Å². The minimum atomic E-state index is -1.04. The fourth-order valence-corrected chi connectivity index (χ4v) is 4.35. The zero-order valence-corrected chi connectivity index (χ0v) is 22.5. The number of aromatic nitrogens is 2. The Morgan fingerprint density at radius 1 is 1.21 bits per heavy atom. The number of H-pyrrole nitrogens is 1. The zero-order valence-electron chi connectivity index (χ0n) is 22.5. The third-order valence-corrected chi connectivity index (χ3v) is 6.68. The number of aliphatic hydroxyl groups excluding tert-OH is 1. The molecule has 1 aromatic heterocycles. The van der Waals surface area contributed by atoms with Crippen molar-refractivity contribution < 1.29 is 19.4 Å². The standard InChI is InChI=1S/C28H46N2O4/c1-19(12-10-14-21(3)16-24-18-29-23(5)30-24)11-9-13-20(2)15-22(4)27(33)28(6,7)25(31)17-26(32)34-8/h12,16,18,20,22,25,31H,9-11,13-15,17H2,1-8H3,(H,29,30)/b19-12-,21-16+/t20-,22?,25-/m0/s1. The van der Waals surface area contributed by atoms with Crippen LogP contribution in [-0.2, 0) is 14.3 Å². The summed E-state index contributed by atoms with van der Waals surface area (Å²) in [4.78, 5) is 31.9. The Morgan fingerprint density at radius 3 is 2.47 bits per heavy atom. The van der Waals surface area contributed by atoms with Crippen molar-refractivity contribution in [1.82, 2.24) is 9.97 Å². The Bertz CT molecular complexity index is 850. The number of hydrogen-bond acceptors (Lipinski definition) is 5. The lowest BCUT2D eigenvalue weighted by Crippen LogP contribution is -2.41. The smallest absolute Gasteiger partial charge is 0.308 e. The van der Waals surface area contributed by atoms with Crippen molar-refractivity contribution in [2.45, 2.75) is 99.5 Å². The van der Waals surface area contributed by atoms with Gasteiger partial charge in [-0.05, 0) is 64.9 Å². The number of aliphatic hydroxyl groups is 1. The first-order chi connectivity index (χ1) is 15.9. The van der Waals surface area contributed by atoms with Gasteiger partial charge in [-0.1, -0.05) is 51.3 Å². The molecule has 6 nitrogen and oxygen atoms in total. The van der Waals surface area contributed by atoms with Crippen LogP contribution >= 0.6 is 0 Å². The van der Waals surface area contributed by atoms with Crippen molar-refractivity contribution >= 4 is 17.8 Å². The van der Waals surface area contributed by atoms with E-state index in [1.807, 2.05) is 20.0 Å². The molecule has 0 radical (unpaired) electrons. The quantitative estimate of drug-likeness (QED) is 0.233. The number of nitrogens with one attached hydrogen (secondary N) is 1. The lowest BCUT2D eigenvalue weighted by atomic mass is 9.74. The van der Waals surface area contributed by atoms with Gasteiger partial charge < -0.3 is 14.8 Å². The summed E-state index contributed by atoms with van der Waals surface area (Å²) in [7, 11) is 1.28. The van der Waals surface area contributed by atoms with Gasteiger partial charge in [-0.2, -0.15) is 0 Å². The summed E-state index contributed by atoms with van der Waals surface area (Å²) < 4.78 is 4.62. The molecule has 0 aliphatic heterocycles. The number of Topliss-reactive ketones (excluding diaryl/α,β-unsaturated/α-hetero) is 1. The number of carbonyl (C=O) groups is 2. The van der Waals surface area contributed by atoms with Crippen molar-refractivity contribution in [2.75, 3.05) is 7.11 Å². The van der Waals surface area contributed by atoms with Gasteiger partial charge in [0, 0.05) is 5.92 Å². The van der Waals surface area contributed by atoms with Crippen molar-refractivity contribution in [1.29, 1.82) is 0 Å². The van der Waals surface area contributed by atoms with Gasteiger partial charge in [0.1, 0.15) is 11.6 Å². The number of aromatic amines is 1. The number of carbonyl (C=O) groups excluding carboxylic acids is 2. The van der Waals surface area contributed by atoms with Crippen molar-refractivity contribution in [2.24, 2.45) is 17.3 Å². The minimum absolute atomic E-state index is 0.000504. The highest BCUT2D eigenvalue weighted by Gasteiger charge is 2.39. The number of nitrogens with zero attached hydrogens (tertiary/aromatic N) is 1. The molecule has 3 atom stereocenters. The Labute approximate surface area is 206 Å². The number of esters is 1. The van der Waals surface area contributed by atoms with Crippen LogP contribution < -0.4 is 0 Å². The molecule has 0 spiro atoms. The third kappa shape index (κ3) is 10.4. The number of allylic oxidation sites excluding steroid dienone is 3. The Hall–Kier alpha value is -2.21. The summed E-state index contributed by atoms with van der Waals surface area (Å²) in [5.74, 6) is 0.686. The van der Waals surface area contributed by atoms with Crippen LogP contribution in [0, 0.1) is 24.2 Å². The van der Waals surface area contributed by atoms with E-state index in [4.69, 9.17) is 0 Å². The number of imidazole rings is 1. The molecule has 0 aromatic carbocycles. The van der Waals surface area contributed by atoms with Crippen molar-refractivity contribution in [3.05, 3.63) is 34.9 Å². The summed E-state index contributed by atoms with van der Waals surface area (Å²) in [6, 6.07) is 0. The molecule has 192 valence electrons. The van der Waals surface area contributed by atoms with Gasteiger partial charge >= 0.3 is 5.97 Å². The van der Waals surface area contributed by atoms with E-state index in [1.165, 1.54) is 18.3 Å². The highest BCUT2D eigenvalue weighted by molar-refractivity contribution is 5.87. The van der Waals surface area contributed by atoms with Crippen LogP contribution in [0.15, 0.2) is 23.4 Å². The normalized spacial score (nSPS) is 15.7. The molecule has 0 aliphatic rings. The van der Waals surface area contributed by atoms with E-state index in [1.54, 1.807) is 13.8 Å². The first-order valence-corrected chi connectivity index (χ1v) is 12.5. The maximum absolute atomic E-state index is 13.0. The molecule has 1 rings (SSSR count). The van der Waals surface area contributed by atoms with Crippen LogP contribution in [0.25, 0.3) is 6.08 Å². The lowest BCUT2D eigenvalue weighted by molar-refractivity contribution is -0.148. The summed E-state index contributed by atoms with van der Waals surface area (Å²) in [5, 5.41) is 10.4. The van der Waals surface area contributed by atoms with Crippen LogP contribution in [-0.4, -0.2) is 40.0 Å². The topological polar surface area (TPSA) is 92.3 Å². The second-order valence-electron chi connectivity index (χ2n) is 10.5. The number of hydrogen-bond donors (Lipinski definition) is 2. The molecule has 1 unspecified atom stereocenters. The van der Waals surface area contributed by atoms with Crippen LogP contribution in [0.2, 0.25) is 0 Å². The van der Waals surface area contributed by atoms with Gasteiger partial charge in [0.15, 0.2) is 0 Å². The second kappa shape index (κ2) is 14.2. The average Bonchev–Trinajstić information content (AvgIpc) is 3.16. The molecular weight excluding hydrogens is 428 g/mol. The first-order valence-electron chi connectivity index (χ1n) is 12.5. The maximum Gasteiger partial charge on any atom is 0.308 e. The molecule has 0 aliphatic carbocycles. The monoisotopic (exact) mass is 474 g/mol. The molecule has 6 heteroatoms. The Morgan fingerprint density at radius 2 is 1.88 bits per heavy atom. The van der Waals surface area contributed by atoms with Crippen LogP contribution in [0.3, 0.4) is 0 Å². The van der Waals surface area contributed by atoms with Crippen LogP contribution in [0.4, 0.5) is 0 Å². The number of aryl methyl sites for hydroxylation is 1. The molecule has 0 fully saturated rings. The van der Waals surface area contributed by atoms with E-state index >= 15 is 0 Å². The molecule has 0 saturated carbocycles. The molecular formula is C28H46N2O4. The van der Waals surface area contributed by atoms with E-state index in [2.05, 4.69) is 47.6 Å². The highest BCUT2D eigenvalue weighted by atomic mass is 16.5. The van der Waals surface area contributed by atoms with Gasteiger partial charge in [0.25, 0.3) is 0 Å². The fraction of sp³-hybridized carbons (Fsp3) is 0.679. The second-order valence-corrected chi connectivity index (χ2v) is 10.5. The number of ketones is 1. The minimum Gasteiger partial charge on any atom is -0.469 e. The van der Waals surface area contributed by atoms with E-state index in [0.717, 1.165) is 50.0 Å². The van der Waals surface area contributed by atoms with E-state index in [0.29, 0.717) is 5.92 Å². The largest absolute Gasteiger partial charge is 0.469 e. The molecule has 0 bridgehead atoms. The van der Waals surface area contributed by atoms with Gasteiger partial charge in [-0.15, -0.1) is 0 Å². The predicted octanol–water partition coefficient (Wildman–Crippen LogP) is 6.20. The first kappa shape index (κ1) is 29.8. The summed E-state index contributed by atoms with van der Waals surface area (Å²) in [6.45, 7) is 13.8. The Kier molecular flexibility index (Phi) is 12.5. The summed E-state index contributed by atoms with van der Waals surface area (Å²) >= 11 is 0. The highest BCUT2D eigenvalue weighted by Crippen LogP contribution is 2.31. The van der Waals surface area contributed by atoms with Gasteiger partial charge in [-0.3, -0.25) is 9.59 Å². The average molecular weight is 475 g/mol. The number of ether oxygens (including phenoxy) is 1. The SMILES string of the molecule is COC(=O)C[C@H](O)C(C)(C)C(=O)C(C)C[C@@H](C)CCC/C(C)=C\CC/C(C)=C/c1cnc(C)[nH]1. The summed E-state index contributed by atoms with van der Waals surface area (Å²) in [6.07, 6.45) is 11.2. The molecule has 34 heavy (non-hydrogen) atoms. The zero-order chi connectivity index (χ0) is 25.9. The number of methoxy groups -OCH3 is 1. The third-order valence-electron chi connectivity index (χ3n) is 6.68. The van der Waals surface area contributed by atoms with Gasteiger partial charge in [-0.25, -0.2) is 4.98 Å². The van der Waals surface area contributed by atoms with E-state index in [-0.39, 0.29) is 18.1 Å². The van der Waals surface area contributed by atoms with Crippen molar-refractivity contribution in [3.8, 4) is 0 Å². The van der Waals surface area contributed by atoms with Crippen LogP contribution in [0.1, 0.15) is 98.0 Å². The van der Waals surface area contributed by atoms with Crippen LogP contribution in [0.5, 0.6) is 0 Å². The predicted molar refractivity (Wildman–Crippen MR) is 138 cm³/mol. The molecule has 1 heterocycles. The Balaban J connectivity index is 2.39. The maximum atomic E-state index is 13.0. The van der Waals surface area contributed by atoms with Gasteiger partial charge in [0.2, 0.25) is 0 Å². The number of rotatable bonds is 15. The summed E-state index contributed by atoms with van der Waals surface area (Å²) in [5.41, 5.74) is 2.82. The molecule has 1 aromatic rings. The lowest BCUT2D eigenvalue weighted by Gasteiger charge is -2.31. The fourth-order valence-electron chi connectivity index (χ4n) is 4.35. The molecule has 0 saturated heterocycles. The molecule has 2 N–H and O–H groups in total. The van der Waals surface area contributed by atoms with Gasteiger partial charge in [0.05, 0.1) is 36.9 Å². The molecule has 0 amide bonds. The van der Waals surface area contributed by atoms with E-state index < -0.39 is 17.5 Å². The van der Waals surface area contributed by atoms with Crippen molar-refractivity contribution in [3.63, 3.8) is 0 Å².